The number of hydrogen-bond acceptors (Lipinski definition) is 8. The van der Waals surface area contributed by atoms with Crippen molar-refractivity contribution in [3.8, 4) is 11.5 Å². The molecule has 0 radical (unpaired) electrons. The van der Waals surface area contributed by atoms with Gasteiger partial charge in [-0.25, -0.2) is 9.78 Å². The molecule has 12 nitrogen and oxygen atoms in total. The molecule has 0 unspecified atom stereocenters. The third-order valence-corrected chi connectivity index (χ3v) is 5.72. The number of ether oxygens (including phenoxy) is 2. The van der Waals surface area contributed by atoms with Gasteiger partial charge >= 0.3 is 5.69 Å². The first-order chi connectivity index (χ1) is 17.8. The third kappa shape index (κ3) is 5.32. The number of methoxy groups -OCH3 is 2. The lowest BCUT2D eigenvalue weighted by molar-refractivity contribution is -0.384. The summed E-state index contributed by atoms with van der Waals surface area (Å²) >= 11 is 0. The number of carbonyl (C=O) groups is 1. The number of anilines is 1. The van der Waals surface area contributed by atoms with E-state index in [-0.39, 0.29) is 23.3 Å². The Morgan fingerprint density at radius 2 is 1.76 bits per heavy atom. The van der Waals surface area contributed by atoms with Crippen LogP contribution in [-0.2, 0) is 24.3 Å². The SMILES string of the molecule is COc1ccc(CCn2c(=O)c3ncccc3n(CC(=O)Nc3ccc([N+](=O)[O-])cc3)c2=O)cc1OC. The third-order valence-electron chi connectivity index (χ3n) is 5.72. The summed E-state index contributed by atoms with van der Waals surface area (Å²) in [4.78, 5) is 53.6. The number of nitrogens with one attached hydrogen (secondary N) is 1. The van der Waals surface area contributed by atoms with E-state index in [1.54, 1.807) is 24.3 Å². The molecule has 0 spiro atoms. The quantitative estimate of drug-likeness (QED) is 0.269. The fourth-order valence-electron chi connectivity index (χ4n) is 3.88. The van der Waals surface area contributed by atoms with Crippen LogP contribution in [-0.4, -0.2) is 39.2 Å². The number of rotatable bonds is 9. The second-order valence-corrected chi connectivity index (χ2v) is 7.99. The first-order valence-electron chi connectivity index (χ1n) is 11.2. The van der Waals surface area contributed by atoms with Gasteiger partial charge in [-0.15, -0.1) is 0 Å². The molecule has 190 valence electrons. The van der Waals surface area contributed by atoms with Crippen molar-refractivity contribution < 1.29 is 19.2 Å². The molecule has 2 aromatic heterocycles. The first kappa shape index (κ1) is 25.1. The van der Waals surface area contributed by atoms with Crippen LogP contribution in [0.5, 0.6) is 11.5 Å². The predicted octanol–water partition coefficient (Wildman–Crippen LogP) is 2.37. The number of nitrogens with zero attached hydrogens (tertiary/aromatic N) is 4. The Morgan fingerprint density at radius 3 is 2.43 bits per heavy atom. The van der Waals surface area contributed by atoms with Crippen molar-refractivity contribution in [2.75, 3.05) is 19.5 Å². The van der Waals surface area contributed by atoms with E-state index in [0.29, 0.717) is 23.6 Å². The average molecular weight is 505 g/mol. The summed E-state index contributed by atoms with van der Waals surface area (Å²) in [6, 6.07) is 13.7. The van der Waals surface area contributed by atoms with Gasteiger partial charge in [0, 0.05) is 30.6 Å². The molecule has 0 fully saturated rings. The number of nitro benzene ring substituents is 1. The number of carbonyl (C=O) groups excluding carboxylic acids is 1. The topological polar surface area (TPSA) is 148 Å². The fourth-order valence-corrected chi connectivity index (χ4v) is 3.88. The highest BCUT2D eigenvalue weighted by molar-refractivity contribution is 5.91. The number of nitro groups is 1. The molecule has 0 saturated heterocycles. The Bertz CT molecular complexity index is 1590. The van der Waals surface area contributed by atoms with E-state index in [9.17, 15) is 24.5 Å². The van der Waals surface area contributed by atoms with Crippen molar-refractivity contribution in [1.82, 2.24) is 14.1 Å². The maximum absolute atomic E-state index is 13.4. The standard InChI is InChI=1S/C25H23N5O7/c1-36-20-10-5-16(14-21(20)37-2)11-13-28-24(32)23-19(4-3-12-26-23)29(25(28)33)15-22(31)27-17-6-8-18(9-7-17)30(34)35/h3-10,12,14H,11,13,15H2,1-2H3,(H,27,31). The lowest BCUT2D eigenvalue weighted by Gasteiger charge is -2.14. The minimum atomic E-state index is -0.662. The lowest BCUT2D eigenvalue weighted by atomic mass is 10.1. The highest BCUT2D eigenvalue weighted by atomic mass is 16.6. The molecule has 2 heterocycles. The number of fused-ring (bicyclic) bond motifs is 1. The van der Waals surface area contributed by atoms with Crippen molar-refractivity contribution in [3.05, 3.63) is 97.3 Å². The number of hydrogen-bond donors (Lipinski definition) is 1. The number of non-ortho nitro benzene ring substituents is 1. The zero-order valence-corrected chi connectivity index (χ0v) is 20.0. The van der Waals surface area contributed by atoms with Crippen LogP contribution < -0.4 is 26.0 Å². The van der Waals surface area contributed by atoms with Crippen molar-refractivity contribution in [2.24, 2.45) is 0 Å². The van der Waals surface area contributed by atoms with Crippen molar-refractivity contribution in [3.63, 3.8) is 0 Å². The number of aryl methyl sites for hydroxylation is 1. The van der Waals surface area contributed by atoms with Crippen LogP contribution in [0.15, 0.2) is 70.4 Å². The summed E-state index contributed by atoms with van der Waals surface area (Å²) in [5.74, 6) is 0.527. The van der Waals surface area contributed by atoms with Gasteiger partial charge in [-0.3, -0.25) is 28.8 Å². The van der Waals surface area contributed by atoms with E-state index in [2.05, 4.69) is 10.3 Å². The van der Waals surface area contributed by atoms with Gasteiger partial charge in [0.25, 0.3) is 11.2 Å². The smallest absolute Gasteiger partial charge is 0.332 e. The van der Waals surface area contributed by atoms with Crippen LogP contribution in [0.4, 0.5) is 11.4 Å². The number of amides is 1. The highest BCUT2D eigenvalue weighted by Crippen LogP contribution is 2.27. The molecule has 0 aliphatic rings. The molecular weight excluding hydrogens is 482 g/mol. The van der Waals surface area contributed by atoms with E-state index in [0.717, 1.165) is 10.1 Å². The van der Waals surface area contributed by atoms with Crippen molar-refractivity contribution >= 4 is 28.3 Å². The molecule has 1 amide bonds. The van der Waals surface area contributed by atoms with Gasteiger partial charge in [-0.05, 0) is 48.4 Å². The molecule has 4 aromatic rings. The number of benzene rings is 2. The van der Waals surface area contributed by atoms with Gasteiger partial charge < -0.3 is 14.8 Å². The Balaban J connectivity index is 1.63. The predicted molar refractivity (Wildman–Crippen MR) is 135 cm³/mol. The summed E-state index contributed by atoms with van der Waals surface area (Å²) < 4.78 is 12.8. The lowest BCUT2D eigenvalue weighted by Crippen LogP contribution is -2.42. The maximum atomic E-state index is 13.4. The average Bonchev–Trinajstić information content (AvgIpc) is 2.91. The van der Waals surface area contributed by atoms with Gasteiger partial charge in [0.05, 0.1) is 24.7 Å². The van der Waals surface area contributed by atoms with Crippen molar-refractivity contribution in [2.45, 2.75) is 19.5 Å². The Kier molecular flexibility index (Phi) is 7.28. The summed E-state index contributed by atoms with van der Waals surface area (Å²) in [5.41, 5.74) is 0.0717. The molecule has 12 heteroatoms. The van der Waals surface area contributed by atoms with E-state index >= 15 is 0 Å². The number of pyridine rings is 1. The monoisotopic (exact) mass is 505 g/mol. The number of aromatic nitrogens is 3. The molecule has 1 N–H and O–H groups in total. The highest BCUT2D eigenvalue weighted by Gasteiger charge is 2.17. The first-order valence-corrected chi connectivity index (χ1v) is 11.2. The van der Waals surface area contributed by atoms with Crippen molar-refractivity contribution in [1.29, 1.82) is 0 Å². The van der Waals surface area contributed by atoms with Gasteiger partial charge in [0.1, 0.15) is 6.54 Å². The Morgan fingerprint density at radius 1 is 1.03 bits per heavy atom. The van der Waals surface area contributed by atoms with Crippen LogP contribution in [0.25, 0.3) is 11.0 Å². The second-order valence-electron chi connectivity index (χ2n) is 7.99. The van der Waals surface area contributed by atoms with Crippen LogP contribution in [0.1, 0.15) is 5.56 Å². The summed E-state index contributed by atoms with van der Waals surface area (Å²) in [6.45, 7) is -0.349. The van der Waals surface area contributed by atoms with E-state index < -0.39 is 28.6 Å². The van der Waals surface area contributed by atoms with Crippen LogP contribution in [0.3, 0.4) is 0 Å². The maximum Gasteiger partial charge on any atom is 0.332 e. The molecule has 0 saturated carbocycles. The zero-order valence-electron chi connectivity index (χ0n) is 20.0. The van der Waals surface area contributed by atoms with Crippen LogP contribution in [0.2, 0.25) is 0 Å². The molecule has 2 aromatic carbocycles. The minimum absolute atomic E-state index is 0.0453. The molecule has 0 atom stereocenters. The molecule has 37 heavy (non-hydrogen) atoms. The molecule has 0 aliphatic carbocycles. The Hall–Kier alpha value is -5.00. The van der Waals surface area contributed by atoms with Gasteiger partial charge in [0.2, 0.25) is 5.91 Å². The molecular formula is C25H23N5O7. The molecule has 4 rings (SSSR count). The second kappa shape index (κ2) is 10.7. The van der Waals surface area contributed by atoms with Crippen LogP contribution >= 0.6 is 0 Å². The van der Waals surface area contributed by atoms with Gasteiger partial charge in [0.15, 0.2) is 17.0 Å². The van der Waals surface area contributed by atoms with E-state index in [4.69, 9.17) is 9.47 Å². The van der Waals surface area contributed by atoms with E-state index in [1.807, 2.05) is 6.07 Å². The zero-order chi connectivity index (χ0) is 26.5. The Labute approximate surface area is 209 Å². The largest absolute Gasteiger partial charge is 0.493 e. The van der Waals surface area contributed by atoms with E-state index in [1.165, 1.54) is 49.2 Å². The summed E-state index contributed by atoms with van der Waals surface area (Å²) in [6.07, 6.45) is 1.77. The van der Waals surface area contributed by atoms with Gasteiger partial charge in [-0.2, -0.15) is 0 Å². The van der Waals surface area contributed by atoms with Gasteiger partial charge in [-0.1, -0.05) is 6.07 Å². The normalized spacial score (nSPS) is 10.8. The molecule has 0 aliphatic heterocycles. The van der Waals surface area contributed by atoms with Crippen LogP contribution in [0, 0.1) is 10.1 Å². The summed E-state index contributed by atoms with van der Waals surface area (Å²) in [7, 11) is 3.04. The summed E-state index contributed by atoms with van der Waals surface area (Å²) in [5, 5.41) is 13.4. The molecule has 0 bridgehead atoms. The minimum Gasteiger partial charge on any atom is -0.493 e. The fraction of sp³-hybridized carbons (Fsp3) is 0.200.